The summed E-state index contributed by atoms with van der Waals surface area (Å²) in [4.78, 5) is 26.1. The van der Waals surface area contributed by atoms with Crippen molar-refractivity contribution in [2.75, 3.05) is 0 Å². The Bertz CT molecular complexity index is 511. The van der Waals surface area contributed by atoms with Crippen LogP contribution in [0.3, 0.4) is 0 Å². The summed E-state index contributed by atoms with van der Waals surface area (Å²) in [5, 5.41) is 11.2. The van der Waals surface area contributed by atoms with Crippen LogP contribution in [0, 0.1) is 6.92 Å². The van der Waals surface area contributed by atoms with Crippen LogP contribution in [0.15, 0.2) is 29.3 Å². The highest BCUT2D eigenvalue weighted by atomic mass is 16.4. The van der Waals surface area contributed by atoms with Gasteiger partial charge >= 0.3 is 5.97 Å². The molecule has 7 nitrogen and oxygen atoms in total. The van der Waals surface area contributed by atoms with Gasteiger partial charge in [0, 0.05) is 5.56 Å². The molecule has 1 aromatic rings. The van der Waals surface area contributed by atoms with Crippen LogP contribution in [-0.2, 0) is 4.79 Å². The van der Waals surface area contributed by atoms with Crippen molar-refractivity contribution in [1.29, 1.82) is 0 Å². The maximum Gasteiger partial charge on any atom is 0.345 e. The lowest BCUT2D eigenvalue weighted by atomic mass is 10.1. The molecule has 4 N–H and O–H groups in total. The molecule has 0 bridgehead atoms. The van der Waals surface area contributed by atoms with Gasteiger partial charge in [-0.25, -0.2) is 15.2 Å². The number of nitrogens with one attached hydrogen (secondary N) is 3. The number of aryl methyl sites for hydroxylation is 1. The summed E-state index contributed by atoms with van der Waals surface area (Å²) in [6, 6.07) is 7.00. The third kappa shape index (κ3) is 4.06. The van der Waals surface area contributed by atoms with Gasteiger partial charge in [-0.1, -0.05) is 31.5 Å². The number of hydrogen-bond donors (Lipinski definition) is 4. The van der Waals surface area contributed by atoms with Crippen molar-refractivity contribution in [2.45, 2.75) is 26.9 Å². The van der Waals surface area contributed by atoms with E-state index in [-0.39, 0.29) is 11.9 Å². The first-order chi connectivity index (χ1) is 9.56. The van der Waals surface area contributed by atoms with E-state index >= 15 is 0 Å². The van der Waals surface area contributed by atoms with Crippen molar-refractivity contribution in [2.24, 2.45) is 4.99 Å². The summed E-state index contributed by atoms with van der Waals surface area (Å²) in [7, 11) is 0. The third-order valence-corrected chi connectivity index (χ3v) is 2.37. The van der Waals surface area contributed by atoms with Crippen LogP contribution in [0.25, 0.3) is 0 Å². The van der Waals surface area contributed by atoms with E-state index in [4.69, 9.17) is 5.11 Å². The Hall–Kier alpha value is -2.41. The van der Waals surface area contributed by atoms with Crippen molar-refractivity contribution >= 4 is 17.8 Å². The van der Waals surface area contributed by atoms with E-state index in [1.807, 2.05) is 32.9 Å². The van der Waals surface area contributed by atoms with Crippen LogP contribution in [0.5, 0.6) is 0 Å². The Kier molecular flexibility index (Phi) is 5.67. The first-order valence-corrected chi connectivity index (χ1v) is 6.26. The summed E-state index contributed by atoms with van der Waals surface area (Å²) in [6.07, 6.45) is -1.08. The molecule has 1 aromatic carbocycles. The van der Waals surface area contributed by atoms with E-state index in [9.17, 15) is 9.59 Å². The molecule has 0 aliphatic carbocycles. The quantitative estimate of drug-likeness (QED) is 0.635. The maximum atomic E-state index is 11.8. The van der Waals surface area contributed by atoms with Gasteiger partial charge in [-0.3, -0.25) is 15.5 Å². The number of aliphatic carboxylic acids is 1. The normalized spacial score (nSPS) is 16.4. The van der Waals surface area contributed by atoms with Crippen LogP contribution in [0.4, 0.5) is 0 Å². The largest absolute Gasteiger partial charge is 0.479 e. The molecule has 7 heteroatoms. The molecule has 1 unspecified atom stereocenters. The number of aliphatic imine (C=N–C) groups is 1. The molecule has 20 heavy (non-hydrogen) atoms. The minimum Gasteiger partial charge on any atom is -0.479 e. The van der Waals surface area contributed by atoms with Gasteiger partial charge in [-0.05, 0) is 19.1 Å². The zero-order chi connectivity index (χ0) is 15.1. The van der Waals surface area contributed by atoms with Gasteiger partial charge in [-0.2, -0.15) is 0 Å². The minimum absolute atomic E-state index is 0.0907. The fourth-order valence-corrected chi connectivity index (χ4v) is 1.40. The average molecular weight is 278 g/mol. The molecule has 108 valence electrons. The molecule has 0 aromatic heterocycles. The van der Waals surface area contributed by atoms with Crippen LogP contribution in [-0.4, -0.2) is 29.1 Å². The van der Waals surface area contributed by atoms with Gasteiger partial charge in [0.15, 0.2) is 0 Å². The Balaban J connectivity index is 0.000000956. The predicted molar refractivity (Wildman–Crippen MR) is 75.1 cm³/mol. The average Bonchev–Trinajstić information content (AvgIpc) is 2.90. The number of carbonyl (C=O) groups excluding carboxylic acids is 1. The van der Waals surface area contributed by atoms with Gasteiger partial charge in [0.2, 0.25) is 12.1 Å². The van der Waals surface area contributed by atoms with Crippen molar-refractivity contribution in [3.63, 3.8) is 0 Å². The molecule has 1 amide bonds. The van der Waals surface area contributed by atoms with Gasteiger partial charge in [0.05, 0.1) is 0 Å². The van der Waals surface area contributed by atoms with Crippen molar-refractivity contribution in [1.82, 2.24) is 16.2 Å². The number of amides is 1. The minimum atomic E-state index is -1.12. The number of rotatable bonds is 2. The highest BCUT2D eigenvalue weighted by Crippen LogP contribution is 2.03. The van der Waals surface area contributed by atoms with Crippen LogP contribution >= 0.6 is 0 Å². The van der Waals surface area contributed by atoms with E-state index in [1.54, 1.807) is 12.1 Å². The monoisotopic (exact) mass is 278 g/mol. The summed E-state index contributed by atoms with van der Waals surface area (Å²) < 4.78 is 0. The zero-order valence-electron chi connectivity index (χ0n) is 11.6. The fraction of sp³-hybridized carbons (Fsp3) is 0.308. The van der Waals surface area contributed by atoms with E-state index in [0.29, 0.717) is 5.56 Å². The molecule has 0 saturated carbocycles. The van der Waals surface area contributed by atoms with Gasteiger partial charge in [0.1, 0.15) is 0 Å². The molecular weight excluding hydrogens is 260 g/mol. The Labute approximate surface area is 117 Å². The second-order valence-corrected chi connectivity index (χ2v) is 3.81. The SMILES string of the molecule is CC.Cc1ccc(C(=O)NC2=NC(C(=O)O)NN2)cc1. The molecule has 0 saturated heterocycles. The predicted octanol–water partition coefficient (Wildman–Crippen LogP) is 0.626. The molecule has 2 rings (SSSR count). The Morgan fingerprint density at radius 3 is 2.35 bits per heavy atom. The van der Waals surface area contributed by atoms with Crippen molar-refractivity contribution < 1.29 is 14.7 Å². The number of guanidine groups is 1. The Morgan fingerprint density at radius 2 is 1.85 bits per heavy atom. The molecule has 1 aliphatic rings. The van der Waals surface area contributed by atoms with Crippen molar-refractivity contribution in [3.8, 4) is 0 Å². The molecule has 1 atom stereocenters. The van der Waals surface area contributed by atoms with E-state index < -0.39 is 12.1 Å². The topological polar surface area (TPSA) is 103 Å². The summed E-state index contributed by atoms with van der Waals surface area (Å²) in [5.74, 6) is -1.39. The van der Waals surface area contributed by atoms with E-state index in [0.717, 1.165) is 5.56 Å². The number of hydrazine groups is 1. The summed E-state index contributed by atoms with van der Waals surface area (Å²) >= 11 is 0. The molecule has 0 radical (unpaired) electrons. The Morgan fingerprint density at radius 1 is 1.25 bits per heavy atom. The lowest BCUT2D eigenvalue weighted by molar-refractivity contribution is -0.139. The molecule has 0 spiro atoms. The van der Waals surface area contributed by atoms with Crippen LogP contribution < -0.4 is 16.2 Å². The second kappa shape index (κ2) is 7.25. The van der Waals surface area contributed by atoms with Gasteiger partial charge in [-0.15, -0.1) is 0 Å². The van der Waals surface area contributed by atoms with E-state index in [2.05, 4.69) is 21.2 Å². The number of carboxylic acids is 1. The lowest BCUT2D eigenvalue weighted by Gasteiger charge is -2.04. The number of hydrogen-bond acceptors (Lipinski definition) is 5. The number of benzene rings is 1. The number of carbonyl (C=O) groups is 2. The highest BCUT2D eigenvalue weighted by Gasteiger charge is 2.23. The highest BCUT2D eigenvalue weighted by molar-refractivity contribution is 6.06. The zero-order valence-corrected chi connectivity index (χ0v) is 11.6. The molecule has 1 aliphatic heterocycles. The summed E-state index contributed by atoms with van der Waals surface area (Å²) in [5.41, 5.74) is 6.42. The molecular formula is C13H18N4O3. The molecule has 0 fully saturated rings. The lowest BCUT2D eigenvalue weighted by Crippen LogP contribution is -2.44. The second-order valence-electron chi connectivity index (χ2n) is 3.81. The van der Waals surface area contributed by atoms with Crippen LogP contribution in [0.2, 0.25) is 0 Å². The third-order valence-electron chi connectivity index (χ3n) is 2.37. The van der Waals surface area contributed by atoms with E-state index in [1.165, 1.54) is 0 Å². The maximum absolute atomic E-state index is 11.8. The smallest absolute Gasteiger partial charge is 0.345 e. The molecule has 1 heterocycles. The van der Waals surface area contributed by atoms with Crippen LogP contribution in [0.1, 0.15) is 29.8 Å². The number of carboxylic acid groups (broad SMARTS) is 1. The van der Waals surface area contributed by atoms with Crippen molar-refractivity contribution in [3.05, 3.63) is 35.4 Å². The first kappa shape index (κ1) is 15.6. The number of nitrogens with zero attached hydrogens (tertiary/aromatic N) is 1. The fourth-order valence-electron chi connectivity index (χ4n) is 1.40. The standard InChI is InChI=1S/C11H12N4O3.C2H6/c1-6-2-4-7(5-3-6)9(16)13-11-12-8(10(17)18)14-15-11;1-2/h2-5,8,14H,1H3,(H,17,18)(H2,12,13,15,16);1-2H3. The van der Waals surface area contributed by atoms with Gasteiger partial charge < -0.3 is 5.11 Å². The summed E-state index contributed by atoms with van der Waals surface area (Å²) in [6.45, 7) is 5.92. The first-order valence-electron chi connectivity index (χ1n) is 6.26. The van der Waals surface area contributed by atoms with Gasteiger partial charge in [0.25, 0.3) is 5.91 Å².